The lowest BCUT2D eigenvalue weighted by atomic mass is 10.2. The van der Waals surface area contributed by atoms with E-state index in [9.17, 15) is 4.79 Å². The monoisotopic (exact) mass is 188 g/mol. The molecule has 0 atom stereocenters. The Morgan fingerprint density at radius 3 is 2.93 bits per heavy atom. The maximum absolute atomic E-state index is 10.1. The summed E-state index contributed by atoms with van der Waals surface area (Å²) in [5.74, 6) is 0.615. The number of hydrogen-bond acceptors (Lipinski definition) is 5. The molecule has 0 unspecified atom stereocenters. The summed E-state index contributed by atoms with van der Waals surface area (Å²) in [6, 6.07) is 3.53. The summed E-state index contributed by atoms with van der Waals surface area (Å²) >= 11 is 0. The molecule has 0 aliphatic carbocycles. The van der Waals surface area contributed by atoms with Crippen LogP contribution in [0.15, 0.2) is 24.7 Å². The topological polar surface area (TPSA) is 73.6 Å². The van der Waals surface area contributed by atoms with Crippen molar-refractivity contribution in [3.63, 3.8) is 0 Å². The number of hydrogen-bond donors (Lipinski definition) is 0. The second-order valence-electron chi connectivity index (χ2n) is 2.60. The van der Waals surface area contributed by atoms with Crippen molar-refractivity contribution in [3.05, 3.63) is 30.2 Å². The van der Waals surface area contributed by atoms with Gasteiger partial charge in [0.1, 0.15) is 6.33 Å². The van der Waals surface area contributed by atoms with E-state index in [1.165, 1.54) is 11.0 Å². The minimum absolute atomic E-state index is 0.253. The summed E-state index contributed by atoms with van der Waals surface area (Å²) in [4.78, 5) is 14.2. The highest BCUT2D eigenvalue weighted by atomic mass is 16.1. The zero-order valence-electron chi connectivity index (χ0n) is 7.16. The van der Waals surface area contributed by atoms with Gasteiger partial charge in [-0.05, 0) is 22.1 Å². The Labute approximate surface area is 79.6 Å². The highest BCUT2D eigenvalue weighted by Crippen LogP contribution is 2.02. The Morgan fingerprint density at radius 2 is 2.36 bits per heavy atom. The standard InChI is InChI=1S/C8H6N5O/c14-4-3-7-1-2-8(9-5-7)13-6-10-11-12-13/h1-2,5-6H,3H2. The van der Waals surface area contributed by atoms with Crippen LogP contribution in [-0.2, 0) is 11.2 Å². The molecular formula is C8H6N5O. The number of rotatable bonds is 3. The number of nitrogens with zero attached hydrogens (tertiary/aromatic N) is 5. The number of pyridine rings is 1. The number of aromatic nitrogens is 5. The van der Waals surface area contributed by atoms with Crippen molar-refractivity contribution in [2.24, 2.45) is 0 Å². The lowest BCUT2D eigenvalue weighted by molar-refractivity contribution is 0.555. The third-order valence-corrected chi connectivity index (χ3v) is 1.67. The zero-order valence-corrected chi connectivity index (χ0v) is 7.16. The Balaban J connectivity index is 2.26. The zero-order chi connectivity index (χ0) is 9.80. The predicted molar refractivity (Wildman–Crippen MR) is 46.3 cm³/mol. The molecule has 0 fully saturated rings. The van der Waals surface area contributed by atoms with Crippen LogP contribution in [0.25, 0.3) is 5.82 Å². The second-order valence-corrected chi connectivity index (χ2v) is 2.60. The van der Waals surface area contributed by atoms with Gasteiger partial charge in [-0.1, -0.05) is 6.07 Å². The van der Waals surface area contributed by atoms with Gasteiger partial charge in [0.25, 0.3) is 0 Å². The molecule has 0 bridgehead atoms. The van der Waals surface area contributed by atoms with Crippen LogP contribution in [0.5, 0.6) is 0 Å². The van der Waals surface area contributed by atoms with Crippen molar-refractivity contribution in [2.75, 3.05) is 0 Å². The third-order valence-electron chi connectivity index (χ3n) is 1.67. The van der Waals surface area contributed by atoms with E-state index in [1.807, 2.05) is 0 Å². The molecular weight excluding hydrogens is 182 g/mol. The number of tetrazole rings is 1. The highest BCUT2D eigenvalue weighted by molar-refractivity contribution is 5.55. The van der Waals surface area contributed by atoms with Gasteiger partial charge in [0.05, 0.1) is 0 Å². The van der Waals surface area contributed by atoms with Crippen molar-refractivity contribution >= 4 is 6.29 Å². The van der Waals surface area contributed by atoms with Crippen molar-refractivity contribution in [1.29, 1.82) is 0 Å². The fourth-order valence-corrected chi connectivity index (χ4v) is 1.01. The van der Waals surface area contributed by atoms with Gasteiger partial charge in [0.2, 0.25) is 6.29 Å². The van der Waals surface area contributed by atoms with Gasteiger partial charge >= 0.3 is 0 Å². The van der Waals surface area contributed by atoms with Crippen LogP contribution >= 0.6 is 0 Å². The minimum Gasteiger partial charge on any atom is -0.291 e. The van der Waals surface area contributed by atoms with Gasteiger partial charge in [-0.25, -0.2) is 4.98 Å². The molecule has 0 saturated heterocycles. The number of carbonyl (C=O) groups excluding carboxylic acids is 1. The largest absolute Gasteiger partial charge is 0.291 e. The van der Waals surface area contributed by atoms with E-state index in [2.05, 4.69) is 20.5 Å². The molecule has 2 aromatic rings. The van der Waals surface area contributed by atoms with Crippen LogP contribution < -0.4 is 0 Å². The van der Waals surface area contributed by atoms with E-state index in [0.29, 0.717) is 5.82 Å². The highest BCUT2D eigenvalue weighted by Gasteiger charge is 1.99. The molecule has 6 nitrogen and oxygen atoms in total. The van der Waals surface area contributed by atoms with Crippen LogP contribution in [0.4, 0.5) is 0 Å². The summed E-state index contributed by atoms with van der Waals surface area (Å²) in [6.07, 6.45) is 5.11. The first kappa shape index (κ1) is 8.49. The van der Waals surface area contributed by atoms with Crippen LogP contribution in [0.2, 0.25) is 0 Å². The van der Waals surface area contributed by atoms with Crippen molar-refractivity contribution in [2.45, 2.75) is 6.42 Å². The SMILES string of the molecule is O=[C]Cc1ccc(-n2cnnn2)nc1. The van der Waals surface area contributed by atoms with Gasteiger partial charge < -0.3 is 0 Å². The Kier molecular flexibility index (Phi) is 2.26. The lowest BCUT2D eigenvalue weighted by Crippen LogP contribution is -1.99. The molecule has 14 heavy (non-hydrogen) atoms. The average Bonchev–Trinajstić information content (AvgIpc) is 2.72. The van der Waals surface area contributed by atoms with Gasteiger partial charge in [0, 0.05) is 12.6 Å². The molecule has 2 aromatic heterocycles. The second kappa shape index (κ2) is 3.73. The normalized spacial score (nSPS) is 10.0. The third kappa shape index (κ3) is 1.63. The maximum atomic E-state index is 10.1. The Morgan fingerprint density at radius 1 is 1.43 bits per heavy atom. The van der Waals surface area contributed by atoms with Crippen molar-refractivity contribution in [1.82, 2.24) is 25.2 Å². The first-order chi connectivity index (χ1) is 6.90. The summed E-state index contributed by atoms with van der Waals surface area (Å²) in [7, 11) is 0. The van der Waals surface area contributed by atoms with E-state index < -0.39 is 0 Å². The molecule has 2 heterocycles. The fourth-order valence-electron chi connectivity index (χ4n) is 1.01. The molecule has 0 aliphatic heterocycles. The summed E-state index contributed by atoms with van der Waals surface area (Å²) in [5, 5.41) is 10.7. The van der Waals surface area contributed by atoms with Gasteiger partial charge in [-0.2, -0.15) is 4.68 Å². The fraction of sp³-hybridized carbons (Fsp3) is 0.125. The Hall–Kier alpha value is -2.11. The summed E-state index contributed by atoms with van der Waals surface area (Å²) < 4.78 is 1.44. The van der Waals surface area contributed by atoms with Gasteiger partial charge in [-0.3, -0.25) is 4.79 Å². The Bertz CT molecular complexity index is 408. The molecule has 0 amide bonds. The molecule has 0 saturated carbocycles. The minimum atomic E-state index is 0.253. The molecule has 6 heteroatoms. The first-order valence-corrected chi connectivity index (χ1v) is 3.93. The van der Waals surface area contributed by atoms with E-state index in [1.54, 1.807) is 24.6 Å². The van der Waals surface area contributed by atoms with E-state index in [4.69, 9.17) is 0 Å². The van der Waals surface area contributed by atoms with E-state index >= 15 is 0 Å². The van der Waals surface area contributed by atoms with Crippen molar-refractivity contribution in [3.8, 4) is 5.82 Å². The summed E-state index contributed by atoms with van der Waals surface area (Å²) in [5.41, 5.74) is 0.817. The van der Waals surface area contributed by atoms with Crippen LogP contribution in [-0.4, -0.2) is 31.5 Å². The van der Waals surface area contributed by atoms with Crippen molar-refractivity contribution < 1.29 is 4.79 Å². The molecule has 0 aromatic carbocycles. The predicted octanol–water partition coefficient (Wildman–Crippen LogP) is -0.291. The van der Waals surface area contributed by atoms with E-state index in [0.717, 1.165) is 5.56 Å². The smallest absolute Gasteiger partial charge is 0.203 e. The molecule has 0 aliphatic rings. The lowest BCUT2D eigenvalue weighted by Gasteiger charge is -1.98. The molecule has 69 valence electrons. The van der Waals surface area contributed by atoms with Gasteiger partial charge in [-0.15, -0.1) is 5.10 Å². The maximum Gasteiger partial charge on any atom is 0.203 e. The van der Waals surface area contributed by atoms with Crippen LogP contribution in [0.1, 0.15) is 5.56 Å². The molecule has 2 rings (SSSR count). The summed E-state index contributed by atoms with van der Waals surface area (Å²) in [6.45, 7) is 0. The molecule has 0 spiro atoms. The van der Waals surface area contributed by atoms with E-state index in [-0.39, 0.29) is 6.42 Å². The molecule has 0 N–H and O–H groups in total. The van der Waals surface area contributed by atoms with Gasteiger partial charge in [0.15, 0.2) is 5.82 Å². The quantitative estimate of drug-likeness (QED) is 0.661. The van der Waals surface area contributed by atoms with Crippen LogP contribution in [0.3, 0.4) is 0 Å². The molecule has 1 radical (unpaired) electrons. The first-order valence-electron chi connectivity index (χ1n) is 3.93. The average molecular weight is 188 g/mol. The van der Waals surface area contributed by atoms with Crippen LogP contribution in [0, 0.1) is 0 Å².